The minimum Gasteiger partial charge on any atom is -0.395 e. The number of hydrogen-bond donors (Lipinski definition) is 2. The van der Waals surface area contributed by atoms with Gasteiger partial charge in [0.25, 0.3) is 0 Å². The fourth-order valence-corrected chi connectivity index (χ4v) is 4.92. The molecular weight excluding hydrogens is 276 g/mol. The lowest BCUT2D eigenvalue weighted by atomic mass is 9.96. The molecule has 1 aliphatic rings. The highest BCUT2D eigenvalue weighted by molar-refractivity contribution is 7.89. The van der Waals surface area contributed by atoms with Crippen molar-refractivity contribution >= 4 is 10.0 Å². The zero-order valence-corrected chi connectivity index (χ0v) is 13.7. The third-order valence-corrected chi connectivity index (χ3v) is 6.22. The van der Waals surface area contributed by atoms with Gasteiger partial charge in [-0.3, -0.25) is 0 Å². The Labute approximate surface area is 123 Å². The number of sulfonamides is 1. The average Bonchev–Trinajstić information content (AvgIpc) is 2.46. The van der Waals surface area contributed by atoms with E-state index in [2.05, 4.69) is 5.32 Å². The van der Waals surface area contributed by atoms with E-state index in [1.807, 2.05) is 13.8 Å². The molecule has 1 rings (SSSR count). The molecule has 6 heteroatoms. The Morgan fingerprint density at radius 3 is 2.35 bits per heavy atom. The second-order valence-electron chi connectivity index (χ2n) is 5.60. The van der Waals surface area contributed by atoms with E-state index in [1.54, 1.807) is 0 Å². The van der Waals surface area contributed by atoms with Crippen LogP contribution in [0.2, 0.25) is 0 Å². The van der Waals surface area contributed by atoms with Crippen molar-refractivity contribution in [2.24, 2.45) is 5.92 Å². The molecule has 0 aliphatic carbocycles. The molecule has 0 aromatic rings. The van der Waals surface area contributed by atoms with Crippen LogP contribution in [0.3, 0.4) is 0 Å². The van der Waals surface area contributed by atoms with E-state index in [0.717, 1.165) is 45.2 Å². The molecule has 0 aromatic heterocycles. The van der Waals surface area contributed by atoms with Crippen molar-refractivity contribution in [2.45, 2.75) is 52.0 Å². The maximum absolute atomic E-state index is 12.5. The molecule has 0 bridgehead atoms. The van der Waals surface area contributed by atoms with Crippen LogP contribution in [0.4, 0.5) is 0 Å². The van der Waals surface area contributed by atoms with E-state index in [9.17, 15) is 8.42 Å². The summed E-state index contributed by atoms with van der Waals surface area (Å²) >= 11 is 0. The molecule has 1 aliphatic heterocycles. The summed E-state index contributed by atoms with van der Waals surface area (Å²) in [5.41, 5.74) is 0. The summed E-state index contributed by atoms with van der Waals surface area (Å²) < 4.78 is 26.6. The van der Waals surface area contributed by atoms with Gasteiger partial charge < -0.3 is 10.4 Å². The highest BCUT2D eigenvalue weighted by Gasteiger charge is 2.28. The van der Waals surface area contributed by atoms with Gasteiger partial charge in [-0.2, -0.15) is 4.31 Å². The Kier molecular flexibility index (Phi) is 8.02. The van der Waals surface area contributed by atoms with Gasteiger partial charge in [0.05, 0.1) is 12.4 Å². The Hall–Kier alpha value is -0.170. The highest BCUT2D eigenvalue weighted by Crippen LogP contribution is 2.20. The first-order valence-electron chi connectivity index (χ1n) is 7.86. The zero-order chi connectivity index (χ0) is 15.0. The van der Waals surface area contributed by atoms with Crippen LogP contribution in [-0.2, 0) is 10.0 Å². The van der Waals surface area contributed by atoms with Crippen LogP contribution in [-0.4, -0.2) is 55.9 Å². The van der Waals surface area contributed by atoms with Gasteiger partial charge in [-0.05, 0) is 51.1 Å². The number of nitrogens with one attached hydrogen (secondary N) is 1. The van der Waals surface area contributed by atoms with E-state index in [0.29, 0.717) is 5.92 Å². The molecule has 1 heterocycles. The third kappa shape index (κ3) is 5.31. The van der Waals surface area contributed by atoms with E-state index < -0.39 is 10.0 Å². The van der Waals surface area contributed by atoms with Crippen molar-refractivity contribution in [1.82, 2.24) is 9.62 Å². The second-order valence-corrected chi connectivity index (χ2v) is 7.64. The SMILES string of the molecule is CCC(CC)N(CCO)S(=O)(=O)CCC1CCNCC1. The number of aliphatic hydroxyl groups excluding tert-OH is 1. The fourth-order valence-electron chi connectivity index (χ4n) is 2.95. The fraction of sp³-hybridized carbons (Fsp3) is 1.00. The normalized spacial score (nSPS) is 18.1. The van der Waals surface area contributed by atoms with Crippen molar-refractivity contribution in [3.63, 3.8) is 0 Å². The molecule has 20 heavy (non-hydrogen) atoms. The van der Waals surface area contributed by atoms with Crippen LogP contribution < -0.4 is 5.32 Å². The Morgan fingerprint density at radius 1 is 1.25 bits per heavy atom. The smallest absolute Gasteiger partial charge is 0.214 e. The first kappa shape index (κ1) is 17.9. The van der Waals surface area contributed by atoms with Crippen molar-refractivity contribution in [2.75, 3.05) is 32.0 Å². The standard InChI is InChI=1S/C14H30N2O3S/c1-3-14(4-2)16(10-11-17)20(18,19)12-7-13-5-8-15-9-6-13/h13-15,17H,3-12H2,1-2H3. The van der Waals surface area contributed by atoms with Crippen LogP contribution in [0.1, 0.15) is 46.0 Å². The molecule has 0 aromatic carbocycles. The van der Waals surface area contributed by atoms with Gasteiger partial charge in [0.15, 0.2) is 0 Å². The van der Waals surface area contributed by atoms with Crippen molar-refractivity contribution < 1.29 is 13.5 Å². The third-order valence-electron chi connectivity index (χ3n) is 4.27. The predicted molar refractivity (Wildman–Crippen MR) is 82.2 cm³/mol. The molecule has 0 saturated carbocycles. The molecule has 0 spiro atoms. The molecule has 0 amide bonds. The number of nitrogens with zero attached hydrogens (tertiary/aromatic N) is 1. The first-order valence-corrected chi connectivity index (χ1v) is 9.47. The van der Waals surface area contributed by atoms with Crippen LogP contribution in [0.25, 0.3) is 0 Å². The van der Waals surface area contributed by atoms with Gasteiger partial charge in [-0.1, -0.05) is 13.8 Å². The second kappa shape index (κ2) is 8.97. The molecule has 1 saturated heterocycles. The van der Waals surface area contributed by atoms with Crippen LogP contribution in [0, 0.1) is 5.92 Å². The quantitative estimate of drug-likeness (QED) is 0.671. The Bertz CT molecular complexity index is 349. The molecular formula is C14H30N2O3S. The summed E-state index contributed by atoms with van der Waals surface area (Å²) in [6.07, 6.45) is 4.47. The van der Waals surface area contributed by atoms with Crippen molar-refractivity contribution in [3.8, 4) is 0 Å². The Balaban J connectivity index is 2.61. The minimum absolute atomic E-state index is 0.0140. The average molecular weight is 306 g/mol. The van der Waals surface area contributed by atoms with Gasteiger partial charge >= 0.3 is 0 Å². The molecule has 1 fully saturated rings. The molecule has 5 nitrogen and oxygen atoms in total. The minimum atomic E-state index is -3.25. The lowest BCUT2D eigenvalue weighted by Crippen LogP contribution is -2.43. The van der Waals surface area contributed by atoms with Crippen LogP contribution >= 0.6 is 0 Å². The summed E-state index contributed by atoms with van der Waals surface area (Å²) in [6.45, 7) is 6.11. The van der Waals surface area contributed by atoms with Crippen LogP contribution in [0.5, 0.6) is 0 Å². The van der Waals surface area contributed by atoms with Gasteiger partial charge in [-0.15, -0.1) is 0 Å². The summed E-state index contributed by atoms with van der Waals surface area (Å²) in [5.74, 6) is 0.734. The maximum Gasteiger partial charge on any atom is 0.214 e. The van der Waals surface area contributed by atoms with Gasteiger partial charge in [-0.25, -0.2) is 8.42 Å². The predicted octanol–water partition coefficient (Wildman–Crippen LogP) is 1.19. The van der Waals surface area contributed by atoms with Crippen molar-refractivity contribution in [1.29, 1.82) is 0 Å². The van der Waals surface area contributed by atoms with E-state index in [1.165, 1.54) is 4.31 Å². The van der Waals surface area contributed by atoms with Gasteiger partial charge in [0.2, 0.25) is 10.0 Å². The summed E-state index contributed by atoms with van der Waals surface area (Å²) in [7, 11) is -3.25. The molecule has 2 N–H and O–H groups in total. The molecule has 0 atom stereocenters. The lowest BCUT2D eigenvalue weighted by molar-refractivity contribution is 0.219. The number of hydrogen-bond acceptors (Lipinski definition) is 4. The summed E-state index contributed by atoms with van der Waals surface area (Å²) in [4.78, 5) is 0. The summed E-state index contributed by atoms with van der Waals surface area (Å²) in [6, 6.07) is 0.0140. The molecule has 0 radical (unpaired) electrons. The molecule has 0 unspecified atom stereocenters. The monoisotopic (exact) mass is 306 g/mol. The highest BCUT2D eigenvalue weighted by atomic mass is 32.2. The van der Waals surface area contributed by atoms with E-state index in [4.69, 9.17) is 5.11 Å². The number of rotatable bonds is 9. The van der Waals surface area contributed by atoms with Gasteiger partial charge in [0, 0.05) is 12.6 Å². The van der Waals surface area contributed by atoms with Crippen LogP contribution in [0.15, 0.2) is 0 Å². The molecule has 120 valence electrons. The first-order chi connectivity index (χ1) is 9.55. The summed E-state index contributed by atoms with van der Waals surface area (Å²) in [5, 5.41) is 12.4. The van der Waals surface area contributed by atoms with Gasteiger partial charge in [0.1, 0.15) is 0 Å². The maximum atomic E-state index is 12.5. The van der Waals surface area contributed by atoms with Crippen molar-refractivity contribution in [3.05, 3.63) is 0 Å². The number of piperidine rings is 1. The van der Waals surface area contributed by atoms with E-state index >= 15 is 0 Å². The zero-order valence-electron chi connectivity index (χ0n) is 12.8. The Morgan fingerprint density at radius 2 is 1.85 bits per heavy atom. The largest absolute Gasteiger partial charge is 0.395 e. The lowest BCUT2D eigenvalue weighted by Gasteiger charge is -2.30. The topological polar surface area (TPSA) is 69.6 Å². The van der Waals surface area contributed by atoms with E-state index in [-0.39, 0.29) is 24.9 Å². The number of aliphatic hydroxyl groups is 1.